The van der Waals surface area contributed by atoms with Gasteiger partial charge in [0.25, 0.3) is 0 Å². The molecule has 0 bridgehead atoms. The van der Waals surface area contributed by atoms with Crippen LogP contribution >= 0.6 is 0 Å². The van der Waals surface area contributed by atoms with Crippen LogP contribution in [-0.4, -0.2) is 54.4 Å². The molecule has 0 spiro atoms. The van der Waals surface area contributed by atoms with Crippen molar-refractivity contribution in [2.75, 3.05) is 32.2 Å². The maximum atomic E-state index is 17.8. The Hall–Kier alpha value is -3.97. The van der Waals surface area contributed by atoms with Crippen LogP contribution in [0.3, 0.4) is 0 Å². The highest BCUT2D eigenvalue weighted by Gasteiger charge is 2.45. The first kappa shape index (κ1) is 41.2. The molecule has 0 N–H and O–H groups in total. The predicted octanol–water partition coefficient (Wildman–Crippen LogP) is 11.0. The largest absolute Gasteiger partial charge is 0.497 e. The predicted molar refractivity (Wildman–Crippen MR) is 205 cm³/mol. The van der Waals surface area contributed by atoms with Gasteiger partial charge in [-0.2, -0.15) is 13.2 Å². The van der Waals surface area contributed by atoms with E-state index in [4.69, 9.17) is 19.2 Å². The number of rotatable bonds is 11. The zero-order valence-corrected chi connectivity index (χ0v) is 33.1. The Morgan fingerprint density at radius 1 is 0.895 bits per heavy atom. The van der Waals surface area contributed by atoms with Crippen LogP contribution in [0.4, 0.5) is 32.3 Å². The van der Waals surface area contributed by atoms with Crippen LogP contribution in [-0.2, 0) is 29.1 Å². The van der Waals surface area contributed by atoms with E-state index in [-0.39, 0.29) is 55.6 Å². The molecule has 1 aromatic carbocycles. The molecule has 0 amide bonds. The molecule has 2 fully saturated rings. The second-order valence-corrected chi connectivity index (χ2v) is 16.9. The average Bonchev–Trinajstić information content (AvgIpc) is 3.19. The van der Waals surface area contributed by atoms with Crippen molar-refractivity contribution in [1.82, 2.24) is 15.0 Å². The van der Waals surface area contributed by atoms with E-state index in [0.29, 0.717) is 73.9 Å². The molecule has 13 heteroatoms. The first-order chi connectivity index (χ1) is 27.1. The summed E-state index contributed by atoms with van der Waals surface area (Å²) in [5.41, 5.74) is 4.76. The number of benzene rings is 1. The Morgan fingerprint density at radius 3 is 2.18 bits per heavy atom. The standard InChI is InChI=1S/C44H52F6N4O3/c1-42(2)21-34-37(35(22-42)57-26-27-5-11-33(56-4)12-6-27)36(29-13-17-43(46,47)18-14-29)38(39(45)30-7-9-32(10-8-30)44(48,49)50)40(53-34)31-15-19-54(20-16-31)41-51-23-28(24-52-41)25-55-3/h5-9,11-12,23-24,29,31-32,35,39H,10,13-22,25-26H2,1-4H3. The Labute approximate surface area is 330 Å². The Kier molecular flexibility index (Phi) is 12.1. The Balaban J connectivity index is 1.32. The summed E-state index contributed by atoms with van der Waals surface area (Å²) in [7, 11) is 3.20. The lowest BCUT2D eigenvalue weighted by Gasteiger charge is -2.42. The molecule has 3 heterocycles. The number of hydrogen-bond donors (Lipinski definition) is 0. The van der Waals surface area contributed by atoms with Gasteiger partial charge in [0.15, 0.2) is 6.17 Å². The molecular formula is C44H52F6N4O3. The monoisotopic (exact) mass is 798 g/mol. The first-order valence-corrected chi connectivity index (χ1v) is 20.0. The lowest BCUT2D eigenvalue weighted by Crippen LogP contribution is -2.36. The maximum Gasteiger partial charge on any atom is 0.395 e. The van der Waals surface area contributed by atoms with Crippen molar-refractivity contribution in [3.05, 3.63) is 99.7 Å². The van der Waals surface area contributed by atoms with Gasteiger partial charge >= 0.3 is 6.18 Å². The fourth-order valence-electron chi connectivity index (χ4n) is 9.07. The molecule has 1 saturated carbocycles. The van der Waals surface area contributed by atoms with Gasteiger partial charge < -0.3 is 19.1 Å². The van der Waals surface area contributed by atoms with Crippen LogP contribution in [0.25, 0.3) is 0 Å². The zero-order valence-electron chi connectivity index (χ0n) is 33.1. The van der Waals surface area contributed by atoms with Gasteiger partial charge in [0.1, 0.15) is 5.75 Å². The van der Waals surface area contributed by atoms with E-state index in [1.165, 1.54) is 12.2 Å². The zero-order chi connectivity index (χ0) is 40.5. The fourth-order valence-corrected chi connectivity index (χ4v) is 9.07. The van der Waals surface area contributed by atoms with Gasteiger partial charge in [-0.25, -0.2) is 23.1 Å². The Bertz CT molecular complexity index is 1910. The smallest absolute Gasteiger partial charge is 0.395 e. The SMILES string of the molecule is COCc1cnc(N2CCC(c3nc4c(c(C5CCC(F)(F)CC5)c3C(F)C3=CCC(C(F)(F)F)C=C3)C(OCc3ccc(OC)cc3)CC(C)(C)C4)CC2)nc1. The van der Waals surface area contributed by atoms with E-state index in [2.05, 4.69) is 28.7 Å². The number of halogens is 6. The van der Waals surface area contributed by atoms with Crippen molar-refractivity contribution in [2.24, 2.45) is 11.3 Å². The summed E-state index contributed by atoms with van der Waals surface area (Å²) in [6.07, 6.45) is 1.96. The van der Waals surface area contributed by atoms with Crippen LogP contribution in [0.5, 0.6) is 5.75 Å². The van der Waals surface area contributed by atoms with E-state index < -0.39 is 36.2 Å². The second kappa shape index (κ2) is 16.7. The van der Waals surface area contributed by atoms with Gasteiger partial charge in [-0.05, 0) is 85.1 Å². The van der Waals surface area contributed by atoms with Crippen LogP contribution in [0.2, 0.25) is 0 Å². The molecule has 57 heavy (non-hydrogen) atoms. The number of pyridine rings is 1. The maximum absolute atomic E-state index is 17.8. The summed E-state index contributed by atoms with van der Waals surface area (Å²) in [6.45, 7) is 6.10. The quantitative estimate of drug-likeness (QED) is 0.179. The summed E-state index contributed by atoms with van der Waals surface area (Å²) in [5.74, 6) is -3.85. The van der Waals surface area contributed by atoms with E-state index in [0.717, 1.165) is 28.5 Å². The number of aromatic nitrogens is 3. The lowest BCUT2D eigenvalue weighted by atomic mass is 9.68. The molecule has 7 rings (SSSR count). The third-order valence-electron chi connectivity index (χ3n) is 12.1. The van der Waals surface area contributed by atoms with Gasteiger partial charge in [0.2, 0.25) is 11.9 Å². The third-order valence-corrected chi connectivity index (χ3v) is 12.1. The fraction of sp³-hybridized carbons (Fsp3) is 0.568. The number of methoxy groups -OCH3 is 2. The second-order valence-electron chi connectivity index (χ2n) is 16.9. The number of alkyl halides is 6. The number of nitrogens with zero attached hydrogens (tertiary/aromatic N) is 4. The molecule has 3 aliphatic carbocycles. The highest BCUT2D eigenvalue weighted by molar-refractivity contribution is 5.52. The van der Waals surface area contributed by atoms with Crippen molar-refractivity contribution >= 4 is 5.95 Å². The van der Waals surface area contributed by atoms with Gasteiger partial charge in [-0.15, -0.1) is 0 Å². The Morgan fingerprint density at radius 2 is 1.58 bits per heavy atom. The van der Waals surface area contributed by atoms with Gasteiger partial charge in [-0.3, -0.25) is 4.98 Å². The number of hydrogen-bond acceptors (Lipinski definition) is 7. The summed E-state index contributed by atoms with van der Waals surface area (Å²) < 4.78 is 106. The lowest BCUT2D eigenvalue weighted by molar-refractivity contribution is -0.160. The number of ether oxygens (including phenoxy) is 3. The topological polar surface area (TPSA) is 69.6 Å². The van der Waals surface area contributed by atoms with Gasteiger partial charge in [0.05, 0.1) is 38.0 Å². The number of allylic oxidation sites excluding steroid dienone is 4. The molecule has 4 aliphatic rings. The molecule has 0 radical (unpaired) electrons. The minimum atomic E-state index is -4.45. The van der Waals surface area contributed by atoms with E-state index in [1.807, 2.05) is 24.3 Å². The van der Waals surface area contributed by atoms with E-state index in [9.17, 15) is 22.0 Å². The van der Waals surface area contributed by atoms with Crippen LogP contribution in [0.1, 0.15) is 129 Å². The summed E-state index contributed by atoms with van der Waals surface area (Å²) in [4.78, 5) is 16.5. The molecule has 3 atom stereocenters. The molecule has 3 aromatic rings. The molecule has 2 aromatic heterocycles. The average molecular weight is 799 g/mol. The van der Waals surface area contributed by atoms with Crippen LogP contribution in [0.15, 0.2) is 60.5 Å². The molecular weight excluding hydrogens is 746 g/mol. The molecule has 3 unspecified atom stereocenters. The summed E-state index contributed by atoms with van der Waals surface area (Å²) in [5, 5.41) is 0. The number of anilines is 1. The molecule has 7 nitrogen and oxygen atoms in total. The molecule has 1 saturated heterocycles. The van der Waals surface area contributed by atoms with E-state index >= 15 is 4.39 Å². The molecule has 308 valence electrons. The van der Waals surface area contributed by atoms with Crippen LogP contribution < -0.4 is 9.64 Å². The van der Waals surface area contributed by atoms with Crippen molar-refractivity contribution in [3.63, 3.8) is 0 Å². The molecule has 1 aliphatic heterocycles. The number of fused-ring (bicyclic) bond motifs is 1. The minimum Gasteiger partial charge on any atom is -0.497 e. The van der Waals surface area contributed by atoms with Crippen LogP contribution in [0, 0.1) is 11.3 Å². The van der Waals surface area contributed by atoms with Crippen molar-refractivity contribution in [2.45, 2.75) is 121 Å². The summed E-state index contributed by atoms with van der Waals surface area (Å²) >= 11 is 0. The minimum absolute atomic E-state index is 0.134. The van der Waals surface area contributed by atoms with Gasteiger partial charge in [-0.1, -0.05) is 44.2 Å². The highest BCUT2D eigenvalue weighted by atomic mass is 19.4. The summed E-state index contributed by atoms with van der Waals surface area (Å²) in [6, 6.07) is 7.55. The third kappa shape index (κ3) is 9.35. The normalized spacial score (nSPS) is 23.2. The van der Waals surface area contributed by atoms with Crippen molar-refractivity contribution in [1.29, 1.82) is 0 Å². The highest BCUT2D eigenvalue weighted by Crippen LogP contribution is 2.54. The van der Waals surface area contributed by atoms with Gasteiger partial charge in [0, 0.05) is 73.7 Å². The number of piperidine rings is 1. The van der Waals surface area contributed by atoms with Crippen molar-refractivity contribution < 1.29 is 40.6 Å². The first-order valence-electron chi connectivity index (χ1n) is 20.0. The van der Waals surface area contributed by atoms with Crippen molar-refractivity contribution in [3.8, 4) is 5.75 Å². The van der Waals surface area contributed by atoms with E-state index in [1.54, 1.807) is 26.6 Å².